The lowest BCUT2D eigenvalue weighted by Gasteiger charge is -2.33. The minimum Gasteiger partial charge on any atom is -0.435 e. The van der Waals surface area contributed by atoms with Crippen LogP contribution < -0.4 is 14.8 Å². The molecule has 0 bridgehead atoms. The molecule has 0 spiro atoms. The highest BCUT2D eigenvalue weighted by Crippen LogP contribution is 2.38. The zero-order valence-corrected chi connectivity index (χ0v) is 19.6. The third-order valence-electron chi connectivity index (χ3n) is 5.32. The Morgan fingerprint density at radius 2 is 1.60 bits per heavy atom. The van der Waals surface area contributed by atoms with Gasteiger partial charge in [0.25, 0.3) is 0 Å². The summed E-state index contributed by atoms with van der Waals surface area (Å²) in [5.74, 6) is -1.66. The summed E-state index contributed by atoms with van der Waals surface area (Å²) in [6.07, 6.45) is -0.454. The Hall–Kier alpha value is -3.31. The normalized spacial score (nSPS) is 13.5. The zero-order valence-electron chi connectivity index (χ0n) is 18.8. The zero-order chi connectivity index (χ0) is 25.9. The average Bonchev–Trinajstić information content (AvgIpc) is 2.75. The molecule has 0 aliphatic rings. The van der Waals surface area contributed by atoms with E-state index >= 15 is 4.39 Å². The minimum absolute atomic E-state index is 0.0176. The van der Waals surface area contributed by atoms with Gasteiger partial charge in [-0.2, -0.15) is 8.78 Å². The molecule has 188 valence electrons. The second kappa shape index (κ2) is 10.5. The summed E-state index contributed by atoms with van der Waals surface area (Å²) in [5, 5.41) is 10.0. The van der Waals surface area contributed by atoms with Crippen LogP contribution >= 0.6 is 0 Å². The van der Waals surface area contributed by atoms with Crippen LogP contribution in [0.2, 0.25) is 0 Å². The van der Waals surface area contributed by atoms with E-state index in [9.17, 15) is 26.7 Å². The number of sulfonamides is 1. The second-order valence-electron chi connectivity index (χ2n) is 7.93. The summed E-state index contributed by atoms with van der Waals surface area (Å²) in [4.78, 5) is 0. The topological polar surface area (TPSA) is 92.9 Å². The molecule has 0 aliphatic heterocycles. The third-order valence-corrected chi connectivity index (χ3v) is 6.49. The van der Waals surface area contributed by atoms with Crippen molar-refractivity contribution in [3.05, 3.63) is 89.0 Å². The number of ether oxygens (including phenoxy) is 1. The van der Waals surface area contributed by atoms with Crippen LogP contribution in [0.4, 0.5) is 28.9 Å². The molecular weight excluding hydrogens is 488 g/mol. The van der Waals surface area contributed by atoms with Crippen LogP contribution in [0, 0.1) is 11.6 Å². The number of halogens is 4. The van der Waals surface area contributed by atoms with Crippen molar-refractivity contribution in [2.75, 3.05) is 16.3 Å². The lowest BCUT2D eigenvalue weighted by molar-refractivity contribution is -0.0498. The van der Waals surface area contributed by atoms with E-state index < -0.39 is 40.4 Å². The van der Waals surface area contributed by atoms with Crippen molar-refractivity contribution < 1.29 is 35.8 Å². The van der Waals surface area contributed by atoms with Gasteiger partial charge >= 0.3 is 6.61 Å². The number of nitrogen functional groups attached to an aromatic ring is 1. The summed E-state index contributed by atoms with van der Waals surface area (Å²) in [6, 6.07) is 11.9. The van der Waals surface area contributed by atoms with Gasteiger partial charge in [0.1, 0.15) is 11.6 Å². The summed E-state index contributed by atoms with van der Waals surface area (Å²) < 4.78 is 85.3. The smallest absolute Gasteiger partial charge is 0.387 e. The standard InChI is InChI=1S/C24H24F4N2O4S/c1-14(31)22-19(29)11-12-20(23(22)26)30(35(2,32)33)21(13-15-3-7-17(25)8-4-15)16-5-9-18(10-6-16)34-24(27)28/h3-12,14,21,24,31H,13,29H2,1-2H3. The van der Waals surface area contributed by atoms with E-state index in [1.54, 1.807) is 0 Å². The monoisotopic (exact) mass is 512 g/mol. The summed E-state index contributed by atoms with van der Waals surface area (Å²) in [7, 11) is -4.15. The lowest BCUT2D eigenvalue weighted by Crippen LogP contribution is -2.36. The molecule has 0 aliphatic carbocycles. The molecule has 6 nitrogen and oxygen atoms in total. The molecule has 0 fully saturated rings. The highest BCUT2D eigenvalue weighted by Gasteiger charge is 2.32. The van der Waals surface area contributed by atoms with Crippen LogP contribution in [-0.4, -0.2) is 26.4 Å². The van der Waals surface area contributed by atoms with Gasteiger partial charge in [0.05, 0.1) is 24.1 Å². The van der Waals surface area contributed by atoms with Crippen LogP contribution in [-0.2, 0) is 16.4 Å². The molecule has 2 unspecified atom stereocenters. The van der Waals surface area contributed by atoms with Crippen LogP contribution in [0.25, 0.3) is 0 Å². The van der Waals surface area contributed by atoms with Crippen LogP contribution in [0.15, 0.2) is 60.7 Å². The first kappa shape index (κ1) is 26.3. The van der Waals surface area contributed by atoms with E-state index in [1.807, 2.05) is 0 Å². The molecule has 0 saturated carbocycles. The molecular formula is C24H24F4N2O4S. The number of anilines is 2. The summed E-state index contributed by atoms with van der Waals surface area (Å²) in [5.41, 5.74) is 5.98. The van der Waals surface area contributed by atoms with E-state index in [-0.39, 0.29) is 29.1 Å². The fourth-order valence-corrected chi connectivity index (χ4v) is 4.98. The van der Waals surface area contributed by atoms with Crippen molar-refractivity contribution in [1.29, 1.82) is 0 Å². The molecule has 3 aromatic carbocycles. The van der Waals surface area contributed by atoms with Crippen molar-refractivity contribution in [3.63, 3.8) is 0 Å². The van der Waals surface area contributed by atoms with E-state index in [0.717, 1.165) is 10.6 Å². The predicted molar refractivity (Wildman–Crippen MR) is 125 cm³/mol. The first-order chi connectivity index (χ1) is 16.4. The number of alkyl halides is 2. The van der Waals surface area contributed by atoms with Crippen molar-refractivity contribution >= 4 is 21.4 Å². The Morgan fingerprint density at radius 1 is 1.00 bits per heavy atom. The number of nitrogens with two attached hydrogens (primary N) is 1. The van der Waals surface area contributed by atoms with E-state index in [2.05, 4.69) is 4.74 Å². The molecule has 3 aromatic rings. The van der Waals surface area contributed by atoms with Gasteiger partial charge < -0.3 is 15.6 Å². The number of aliphatic hydroxyl groups excluding tert-OH is 1. The van der Waals surface area contributed by atoms with Gasteiger partial charge in [0.2, 0.25) is 10.0 Å². The Labute approximate surface area is 200 Å². The van der Waals surface area contributed by atoms with Gasteiger partial charge in [-0.1, -0.05) is 24.3 Å². The molecule has 35 heavy (non-hydrogen) atoms. The maximum atomic E-state index is 15.5. The SMILES string of the molecule is CC(O)c1c(N)ccc(N(C(Cc2ccc(F)cc2)c2ccc(OC(F)F)cc2)S(C)(=O)=O)c1F. The van der Waals surface area contributed by atoms with Gasteiger partial charge in [0, 0.05) is 11.3 Å². The molecule has 0 heterocycles. The summed E-state index contributed by atoms with van der Waals surface area (Å²) in [6.45, 7) is -1.76. The molecule has 3 rings (SSSR count). The molecule has 0 saturated heterocycles. The minimum atomic E-state index is -4.15. The number of nitrogens with zero attached hydrogens (tertiary/aromatic N) is 1. The largest absolute Gasteiger partial charge is 0.435 e. The Balaban J connectivity index is 2.20. The van der Waals surface area contributed by atoms with Crippen molar-refractivity contribution in [1.82, 2.24) is 0 Å². The first-order valence-electron chi connectivity index (χ1n) is 10.4. The molecule has 3 N–H and O–H groups in total. The first-order valence-corrected chi connectivity index (χ1v) is 12.3. The van der Waals surface area contributed by atoms with E-state index in [0.29, 0.717) is 11.1 Å². The van der Waals surface area contributed by atoms with Gasteiger partial charge in [-0.15, -0.1) is 0 Å². The van der Waals surface area contributed by atoms with Gasteiger partial charge in [0.15, 0.2) is 5.82 Å². The number of rotatable bonds is 9. The Morgan fingerprint density at radius 3 is 2.11 bits per heavy atom. The maximum absolute atomic E-state index is 15.5. The van der Waals surface area contributed by atoms with Crippen LogP contribution in [0.3, 0.4) is 0 Å². The number of aliphatic hydroxyl groups is 1. The fraction of sp³-hybridized carbons (Fsp3) is 0.250. The number of hydrogen-bond acceptors (Lipinski definition) is 5. The molecule has 2 atom stereocenters. The molecule has 0 aromatic heterocycles. The van der Waals surface area contributed by atoms with Crippen molar-refractivity contribution in [3.8, 4) is 5.75 Å². The van der Waals surface area contributed by atoms with Crippen molar-refractivity contribution in [2.45, 2.75) is 32.1 Å². The van der Waals surface area contributed by atoms with E-state index in [4.69, 9.17) is 5.73 Å². The second-order valence-corrected chi connectivity index (χ2v) is 9.79. The average molecular weight is 513 g/mol. The lowest BCUT2D eigenvalue weighted by atomic mass is 9.97. The maximum Gasteiger partial charge on any atom is 0.387 e. The van der Waals surface area contributed by atoms with Crippen LogP contribution in [0.5, 0.6) is 5.75 Å². The van der Waals surface area contributed by atoms with Gasteiger partial charge in [-0.3, -0.25) is 4.31 Å². The molecule has 11 heteroatoms. The van der Waals surface area contributed by atoms with E-state index in [1.165, 1.54) is 67.6 Å². The highest BCUT2D eigenvalue weighted by atomic mass is 32.2. The van der Waals surface area contributed by atoms with Gasteiger partial charge in [-0.25, -0.2) is 17.2 Å². The highest BCUT2D eigenvalue weighted by molar-refractivity contribution is 7.92. The van der Waals surface area contributed by atoms with Gasteiger partial charge in [-0.05, 0) is 60.9 Å². The fourth-order valence-electron chi connectivity index (χ4n) is 3.82. The molecule has 0 amide bonds. The third kappa shape index (κ3) is 6.23. The summed E-state index contributed by atoms with van der Waals surface area (Å²) >= 11 is 0. The number of hydrogen-bond donors (Lipinski definition) is 2. The predicted octanol–water partition coefficient (Wildman–Crippen LogP) is 4.95. The van der Waals surface area contributed by atoms with Crippen LogP contribution in [0.1, 0.15) is 35.8 Å². The Kier molecular flexibility index (Phi) is 7.91. The quantitative estimate of drug-likeness (QED) is 0.313. The number of benzene rings is 3. The van der Waals surface area contributed by atoms with Crippen molar-refractivity contribution in [2.24, 2.45) is 0 Å². The Bertz CT molecular complexity index is 1270. The molecule has 0 radical (unpaired) electrons.